The number of benzene rings is 2. The van der Waals surface area contributed by atoms with Gasteiger partial charge in [0, 0.05) is 26.5 Å². The van der Waals surface area contributed by atoms with E-state index in [0.29, 0.717) is 38.3 Å². The molecule has 2 amide bonds. The Bertz CT molecular complexity index is 1270. The van der Waals surface area contributed by atoms with E-state index in [1.54, 1.807) is 9.91 Å². The number of rotatable bonds is 16. The van der Waals surface area contributed by atoms with E-state index >= 15 is 0 Å². The topological polar surface area (TPSA) is 116 Å². The standard InChI is InChI=1S/C33H45N5O5/c1-5-11-26-30-31(37(4)36-26)33(41)38(29(7-3)35-30)18-20-42-25-16-14-23(15-17-25)21-28(43-19-6-2)32(40)34-27(22-39)24-12-9-8-10-13-24/h8-10,12-17,27-28,30-31,39H,5-7,11,18-22H2,1-4H3,(H,34,40)/t27-,28+,30?,31?/m1/s1. The summed E-state index contributed by atoms with van der Waals surface area (Å²) >= 11 is 0. The molecule has 0 fully saturated rings. The predicted molar refractivity (Wildman–Crippen MR) is 167 cm³/mol. The lowest BCUT2D eigenvalue weighted by molar-refractivity contribution is -0.134. The van der Waals surface area contributed by atoms with Gasteiger partial charge in [0.25, 0.3) is 5.91 Å². The molecule has 0 aliphatic carbocycles. The molecule has 2 aromatic rings. The molecule has 2 aromatic carbocycles. The molecule has 2 heterocycles. The molecular weight excluding hydrogens is 546 g/mol. The highest BCUT2D eigenvalue weighted by Gasteiger charge is 2.46. The lowest BCUT2D eigenvalue weighted by Gasteiger charge is -2.35. The van der Waals surface area contributed by atoms with Crippen LogP contribution in [0.4, 0.5) is 0 Å². The van der Waals surface area contributed by atoms with Crippen LogP contribution in [0.2, 0.25) is 0 Å². The highest BCUT2D eigenvalue weighted by atomic mass is 16.5. The van der Waals surface area contributed by atoms with Gasteiger partial charge in [-0.1, -0.05) is 69.7 Å². The van der Waals surface area contributed by atoms with Crippen LogP contribution in [0.1, 0.15) is 63.6 Å². The zero-order chi connectivity index (χ0) is 30.8. The second-order valence-corrected chi connectivity index (χ2v) is 10.9. The molecule has 0 radical (unpaired) electrons. The van der Waals surface area contributed by atoms with Crippen LogP contribution in [-0.4, -0.2) is 90.0 Å². The molecular formula is C33H45N5O5. The molecule has 0 saturated carbocycles. The van der Waals surface area contributed by atoms with Gasteiger partial charge in [-0.25, -0.2) is 0 Å². The summed E-state index contributed by atoms with van der Waals surface area (Å²) in [7, 11) is 1.84. The molecule has 0 spiro atoms. The van der Waals surface area contributed by atoms with Crippen molar-refractivity contribution in [1.82, 2.24) is 15.2 Å². The number of fused-ring (bicyclic) bond motifs is 1. The summed E-state index contributed by atoms with van der Waals surface area (Å²) in [6.07, 6.45) is 2.94. The third-order valence-corrected chi connectivity index (χ3v) is 7.71. The minimum atomic E-state index is -0.694. The number of likely N-dealkylation sites (N-methyl/N-ethyl adjacent to an activating group) is 1. The van der Waals surface area contributed by atoms with Crippen LogP contribution in [-0.2, 0) is 20.7 Å². The van der Waals surface area contributed by atoms with Crippen LogP contribution < -0.4 is 10.1 Å². The van der Waals surface area contributed by atoms with Crippen LogP contribution >= 0.6 is 0 Å². The Morgan fingerprint density at radius 2 is 1.79 bits per heavy atom. The number of nitrogens with one attached hydrogen (secondary N) is 1. The zero-order valence-electron chi connectivity index (χ0n) is 25.7. The third-order valence-electron chi connectivity index (χ3n) is 7.71. The normalized spacial score (nSPS) is 19.4. The molecule has 232 valence electrons. The number of nitrogens with zero attached hydrogens (tertiary/aromatic N) is 4. The molecule has 2 aliphatic rings. The fraction of sp³-hybridized carbons (Fsp3) is 0.515. The van der Waals surface area contributed by atoms with E-state index in [0.717, 1.165) is 41.9 Å². The molecule has 4 atom stereocenters. The van der Waals surface area contributed by atoms with Gasteiger partial charge in [-0.05, 0) is 36.1 Å². The number of aliphatic imine (C=N–C) groups is 1. The van der Waals surface area contributed by atoms with Crippen molar-refractivity contribution in [1.29, 1.82) is 0 Å². The predicted octanol–water partition coefficient (Wildman–Crippen LogP) is 3.74. The zero-order valence-corrected chi connectivity index (χ0v) is 25.7. The van der Waals surface area contributed by atoms with Crippen LogP contribution in [0.3, 0.4) is 0 Å². The van der Waals surface area contributed by atoms with Crippen molar-refractivity contribution in [2.75, 3.05) is 33.4 Å². The first-order valence-corrected chi connectivity index (χ1v) is 15.4. The molecule has 2 N–H and O–H groups in total. The first-order chi connectivity index (χ1) is 20.9. The van der Waals surface area contributed by atoms with Crippen LogP contribution in [0.25, 0.3) is 0 Å². The summed E-state index contributed by atoms with van der Waals surface area (Å²) in [5, 5.41) is 19.2. The maximum Gasteiger partial charge on any atom is 0.255 e. The summed E-state index contributed by atoms with van der Waals surface area (Å²) < 4.78 is 11.9. The summed E-state index contributed by atoms with van der Waals surface area (Å²) in [5.74, 6) is 1.20. The van der Waals surface area contributed by atoms with Gasteiger partial charge in [-0.2, -0.15) is 5.10 Å². The van der Waals surface area contributed by atoms with Crippen molar-refractivity contribution >= 4 is 23.4 Å². The van der Waals surface area contributed by atoms with Crippen LogP contribution in [0.15, 0.2) is 64.7 Å². The minimum Gasteiger partial charge on any atom is -0.492 e. The van der Waals surface area contributed by atoms with Crippen molar-refractivity contribution in [3.05, 3.63) is 65.7 Å². The number of ether oxygens (including phenoxy) is 2. The van der Waals surface area contributed by atoms with Gasteiger partial charge in [0.15, 0.2) is 6.04 Å². The molecule has 0 saturated heterocycles. The van der Waals surface area contributed by atoms with Gasteiger partial charge >= 0.3 is 0 Å². The van der Waals surface area contributed by atoms with Crippen molar-refractivity contribution in [3.8, 4) is 5.75 Å². The number of hydrazone groups is 1. The quantitative estimate of drug-likeness (QED) is 0.307. The van der Waals surface area contributed by atoms with Crippen molar-refractivity contribution < 1.29 is 24.2 Å². The first-order valence-electron chi connectivity index (χ1n) is 15.4. The lowest BCUT2D eigenvalue weighted by Crippen LogP contribution is -2.56. The number of carbonyl (C=O) groups excluding carboxylic acids is 2. The summed E-state index contributed by atoms with van der Waals surface area (Å²) in [4.78, 5) is 33.2. The van der Waals surface area contributed by atoms with E-state index in [2.05, 4.69) is 17.3 Å². The molecule has 2 aliphatic heterocycles. The van der Waals surface area contributed by atoms with Crippen molar-refractivity contribution in [3.63, 3.8) is 0 Å². The first kappa shape index (κ1) is 32.2. The summed E-state index contributed by atoms with van der Waals surface area (Å²) in [5.41, 5.74) is 2.74. The van der Waals surface area contributed by atoms with E-state index in [-0.39, 0.29) is 24.5 Å². The van der Waals surface area contributed by atoms with E-state index in [1.165, 1.54) is 0 Å². The Morgan fingerprint density at radius 3 is 2.44 bits per heavy atom. The van der Waals surface area contributed by atoms with E-state index in [9.17, 15) is 14.7 Å². The third kappa shape index (κ3) is 8.00. The average molecular weight is 592 g/mol. The van der Waals surface area contributed by atoms with E-state index < -0.39 is 18.2 Å². The molecule has 2 unspecified atom stereocenters. The number of amides is 2. The van der Waals surface area contributed by atoms with Gasteiger partial charge in [0.1, 0.15) is 30.3 Å². The molecule has 10 heteroatoms. The number of aliphatic hydroxyl groups is 1. The monoisotopic (exact) mass is 591 g/mol. The molecule has 0 aromatic heterocycles. The fourth-order valence-corrected chi connectivity index (χ4v) is 5.51. The van der Waals surface area contributed by atoms with Crippen LogP contribution in [0.5, 0.6) is 5.75 Å². The molecule has 4 rings (SSSR count). The van der Waals surface area contributed by atoms with Gasteiger partial charge in [0.2, 0.25) is 5.91 Å². The van der Waals surface area contributed by atoms with E-state index in [4.69, 9.17) is 14.5 Å². The van der Waals surface area contributed by atoms with Gasteiger partial charge in [-0.15, -0.1) is 0 Å². The smallest absolute Gasteiger partial charge is 0.255 e. The Hall–Kier alpha value is -3.76. The largest absolute Gasteiger partial charge is 0.492 e. The molecule has 43 heavy (non-hydrogen) atoms. The number of aliphatic hydroxyl groups excluding tert-OH is 1. The van der Waals surface area contributed by atoms with Gasteiger partial charge < -0.3 is 19.9 Å². The van der Waals surface area contributed by atoms with Crippen molar-refractivity contribution in [2.45, 2.75) is 77.1 Å². The highest BCUT2D eigenvalue weighted by Crippen LogP contribution is 2.27. The Labute approximate surface area is 254 Å². The molecule has 0 bridgehead atoms. The summed E-state index contributed by atoms with van der Waals surface area (Å²) in [6.45, 7) is 7.08. The average Bonchev–Trinajstić information content (AvgIpc) is 3.34. The molecule has 10 nitrogen and oxygen atoms in total. The lowest BCUT2D eigenvalue weighted by atomic mass is 9.98. The fourth-order valence-electron chi connectivity index (χ4n) is 5.51. The second kappa shape index (κ2) is 15.6. The second-order valence-electron chi connectivity index (χ2n) is 10.9. The SMILES string of the molecule is CCCO[C@@H](Cc1ccc(OCCN2C(=O)C3C(N=C2CC)C(CCC)=NN3C)cc1)C(=O)N[C@H](CO)c1ccccc1. The maximum absolute atomic E-state index is 13.4. The highest BCUT2D eigenvalue weighted by molar-refractivity contribution is 6.09. The van der Waals surface area contributed by atoms with Crippen molar-refractivity contribution in [2.24, 2.45) is 10.1 Å². The maximum atomic E-state index is 13.4. The Kier molecular flexibility index (Phi) is 11.7. The number of hydrogen-bond donors (Lipinski definition) is 2. The van der Waals surface area contributed by atoms with Gasteiger partial charge in [-0.3, -0.25) is 24.5 Å². The Morgan fingerprint density at radius 1 is 1.05 bits per heavy atom. The van der Waals surface area contributed by atoms with Gasteiger partial charge in [0.05, 0.1) is 24.9 Å². The number of hydrogen-bond acceptors (Lipinski definition) is 8. The number of amidine groups is 1. The Balaban J connectivity index is 1.33. The van der Waals surface area contributed by atoms with E-state index in [1.807, 2.05) is 75.5 Å². The summed E-state index contributed by atoms with van der Waals surface area (Å²) in [6, 6.07) is 15.9. The van der Waals surface area contributed by atoms with Crippen LogP contribution in [0, 0.1) is 0 Å². The minimum absolute atomic E-state index is 0.0141. The number of carbonyl (C=O) groups is 2.